The van der Waals surface area contributed by atoms with Crippen molar-refractivity contribution >= 4 is 30.6 Å². The molecule has 0 aliphatic carbocycles. The average molecular weight is 337 g/mol. The lowest BCUT2D eigenvalue weighted by molar-refractivity contribution is 0.499. The fourth-order valence-electron chi connectivity index (χ4n) is 1.87. The predicted octanol–water partition coefficient (Wildman–Crippen LogP) is 5.15. The molecular formula is C16H18O2PS2-. The van der Waals surface area contributed by atoms with Gasteiger partial charge in [-0.3, -0.25) is 0 Å². The van der Waals surface area contributed by atoms with Gasteiger partial charge in [0.2, 0.25) is 0 Å². The highest BCUT2D eigenvalue weighted by Crippen LogP contribution is 2.56. The number of hydrogen-bond acceptors (Lipinski definition) is 4. The zero-order chi connectivity index (χ0) is 15.6. The van der Waals surface area contributed by atoms with Crippen molar-refractivity contribution < 1.29 is 9.05 Å². The van der Waals surface area contributed by atoms with E-state index in [4.69, 9.17) is 33.5 Å². The third kappa shape index (κ3) is 4.57. The summed E-state index contributed by atoms with van der Waals surface area (Å²) in [5.74, 6) is 1.41. The van der Waals surface area contributed by atoms with Crippen LogP contribution >= 0.6 is 6.12 Å². The molecule has 0 saturated heterocycles. The van der Waals surface area contributed by atoms with E-state index < -0.39 is 6.12 Å². The molecule has 0 unspecified atom stereocenters. The van der Waals surface area contributed by atoms with Gasteiger partial charge in [-0.2, -0.15) is 0 Å². The first kappa shape index (κ1) is 16.5. The first-order valence-electron chi connectivity index (χ1n) is 6.61. The van der Waals surface area contributed by atoms with E-state index in [0.29, 0.717) is 11.5 Å². The highest BCUT2D eigenvalue weighted by molar-refractivity contribution is 8.70. The number of hydrogen-bond donors (Lipinski definition) is 0. The van der Waals surface area contributed by atoms with E-state index in [0.717, 1.165) is 22.3 Å². The van der Waals surface area contributed by atoms with E-state index in [1.165, 1.54) is 0 Å². The Morgan fingerprint density at radius 3 is 1.48 bits per heavy atom. The first-order chi connectivity index (χ1) is 9.77. The predicted molar refractivity (Wildman–Crippen MR) is 94.7 cm³/mol. The molecule has 0 N–H and O–H groups in total. The maximum atomic E-state index is 5.83. The average Bonchev–Trinajstić information content (AvgIpc) is 2.37. The topological polar surface area (TPSA) is 18.5 Å². The lowest BCUT2D eigenvalue weighted by atomic mass is 10.1. The van der Waals surface area contributed by atoms with Gasteiger partial charge in [-0.15, -0.1) is 0 Å². The van der Waals surface area contributed by atoms with Gasteiger partial charge >= 0.3 is 0 Å². The molecule has 0 bridgehead atoms. The van der Waals surface area contributed by atoms with Gasteiger partial charge in [-0.05, 0) is 62.1 Å². The first-order valence-corrected chi connectivity index (χ1v) is 10.3. The van der Waals surface area contributed by atoms with Gasteiger partial charge in [-0.1, -0.05) is 24.3 Å². The van der Waals surface area contributed by atoms with Gasteiger partial charge < -0.3 is 33.5 Å². The number of benzene rings is 2. The molecule has 2 aromatic rings. The van der Waals surface area contributed by atoms with E-state index in [1.54, 1.807) is 0 Å². The molecule has 5 heteroatoms. The molecule has 0 heterocycles. The Bertz CT molecular complexity index is 601. The molecular weight excluding hydrogens is 319 g/mol. The minimum Gasteiger partial charge on any atom is -0.496 e. The second-order valence-electron chi connectivity index (χ2n) is 5.17. The van der Waals surface area contributed by atoms with Crippen molar-refractivity contribution in [3.63, 3.8) is 0 Å². The molecule has 0 fully saturated rings. The largest absolute Gasteiger partial charge is 0.496 e. The van der Waals surface area contributed by atoms with Crippen molar-refractivity contribution in [3.05, 3.63) is 58.7 Å². The van der Waals surface area contributed by atoms with Crippen LogP contribution in [0.5, 0.6) is 11.5 Å². The second-order valence-corrected chi connectivity index (χ2v) is 10.0. The molecule has 2 rings (SSSR count). The Morgan fingerprint density at radius 1 is 0.714 bits per heavy atom. The van der Waals surface area contributed by atoms with E-state index in [1.807, 2.05) is 64.1 Å². The fraction of sp³-hybridized carbons (Fsp3) is 0.250. The maximum absolute atomic E-state index is 5.83. The van der Waals surface area contributed by atoms with Crippen LogP contribution in [0.4, 0.5) is 0 Å². The summed E-state index contributed by atoms with van der Waals surface area (Å²) in [5.41, 5.74) is 4.22. The molecule has 0 aliphatic heterocycles. The summed E-state index contributed by atoms with van der Waals surface area (Å²) in [7, 11) is 0. The number of aryl methyl sites for hydroxylation is 4. The smallest absolute Gasteiger partial charge is 0.176 e. The molecule has 0 atom stereocenters. The molecule has 2 nitrogen and oxygen atoms in total. The fourth-order valence-corrected chi connectivity index (χ4v) is 3.75. The summed E-state index contributed by atoms with van der Waals surface area (Å²) in [6.07, 6.45) is -2.81. The van der Waals surface area contributed by atoms with Crippen LogP contribution in [0.2, 0.25) is 0 Å². The molecule has 0 aromatic heterocycles. The quantitative estimate of drug-likeness (QED) is 0.567. The molecule has 0 radical (unpaired) electrons. The van der Waals surface area contributed by atoms with Crippen LogP contribution in [0, 0.1) is 27.7 Å². The van der Waals surface area contributed by atoms with Gasteiger partial charge in [0.1, 0.15) is 6.12 Å². The summed E-state index contributed by atoms with van der Waals surface area (Å²) in [6, 6.07) is 11.9. The summed E-state index contributed by atoms with van der Waals surface area (Å²) in [6.45, 7) is 7.95. The molecule has 0 saturated carbocycles. The van der Waals surface area contributed by atoms with Gasteiger partial charge in [0.25, 0.3) is 0 Å². The van der Waals surface area contributed by atoms with Gasteiger partial charge in [0.05, 0.1) is 0 Å². The lowest BCUT2D eigenvalue weighted by Crippen LogP contribution is -2.05. The van der Waals surface area contributed by atoms with E-state index in [9.17, 15) is 0 Å². The van der Waals surface area contributed by atoms with Gasteiger partial charge in [0, 0.05) is 0 Å². The van der Waals surface area contributed by atoms with E-state index in [-0.39, 0.29) is 0 Å². The van der Waals surface area contributed by atoms with E-state index >= 15 is 0 Å². The highest BCUT2D eigenvalue weighted by atomic mass is 33.1. The minimum absolute atomic E-state index is 0.707. The van der Waals surface area contributed by atoms with Crippen molar-refractivity contribution in [2.24, 2.45) is 0 Å². The molecule has 0 amide bonds. The van der Waals surface area contributed by atoms with Crippen molar-refractivity contribution in [2.45, 2.75) is 27.7 Å². The van der Waals surface area contributed by atoms with Crippen molar-refractivity contribution in [1.29, 1.82) is 0 Å². The van der Waals surface area contributed by atoms with Crippen LogP contribution in [0.1, 0.15) is 22.3 Å². The zero-order valence-electron chi connectivity index (χ0n) is 12.5. The summed E-state index contributed by atoms with van der Waals surface area (Å²) in [5, 5.41) is 0. The Hall–Kier alpha value is -0.830. The molecule has 112 valence electrons. The summed E-state index contributed by atoms with van der Waals surface area (Å²) >= 11 is 10.8. The zero-order valence-corrected chi connectivity index (χ0v) is 15.1. The monoisotopic (exact) mass is 337 g/mol. The van der Waals surface area contributed by atoms with Crippen molar-refractivity contribution in [2.75, 3.05) is 0 Å². The van der Waals surface area contributed by atoms with Crippen molar-refractivity contribution in [3.8, 4) is 11.5 Å². The van der Waals surface area contributed by atoms with Crippen LogP contribution < -0.4 is 9.05 Å². The third-order valence-electron chi connectivity index (χ3n) is 3.11. The Labute approximate surface area is 137 Å². The Balaban J connectivity index is 2.22. The lowest BCUT2D eigenvalue weighted by Gasteiger charge is -2.35. The number of rotatable bonds is 4. The molecule has 21 heavy (non-hydrogen) atoms. The van der Waals surface area contributed by atoms with Gasteiger partial charge in [0.15, 0.2) is 11.5 Å². The second kappa shape index (κ2) is 6.51. The molecule has 0 spiro atoms. The maximum Gasteiger partial charge on any atom is 0.176 e. The van der Waals surface area contributed by atoms with Crippen molar-refractivity contribution in [1.82, 2.24) is 0 Å². The van der Waals surface area contributed by atoms with Gasteiger partial charge in [-0.25, -0.2) is 0 Å². The minimum atomic E-state index is -2.81. The van der Waals surface area contributed by atoms with Crippen LogP contribution in [0.3, 0.4) is 0 Å². The highest BCUT2D eigenvalue weighted by Gasteiger charge is 2.17. The standard InChI is InChI=1S/C16H19O2PS2/c1-11-5-7-13(3)15(9-11)17-19(20,21)18-16-10-12(2)6-8-14(16)4/h5-10H,1-4H3,(H,20,21)/p-1. The SMILES string of the molecule is Cc1ccc(C)c(O[P+]([S-])([S-])Oc2cc(C)ccc2C)c1. The Kier molecular flexibility index (Phi) is 5.13. The molecule has 0 aliphatic rings. The van der Waals surface area contributed by atoms with Crippen LogP contribution in [0.25, 0.3) is 0 Å². The van der Waals surface area contributed by atoms with Crippen LogP contribution in [0.15, 0.2) is 36.4 Å². The van der Waals surface area contributed by atoms with Crippen LogP contribution in [-0.2, 0) is 24.5 Å². The normalized spacial score (nSPS) is 11.3. The Morgan fingerprint density at radius 2 is 1.10 bits per heavy atom. The summed E-state index contributed by atoms with van der Waals surface area (Å²) in [4.78, 5) is 0. The molecule has 2 aromatic carbocycles. The van der Waals surface area contributed by atoms with E-state index in [2.05, 4.69) is 0 Å². The third-order valence-corrected chi connectivity index (χ3v) is 4.84. The summed E-state index contributed by atoms with van der Waals surface area (Å²) < 4.78 is 11.7. The van der Waals surface area contributed by atoms with Crippen LogP contribution in [-0.4, -0.2) is 0 Å².